The Morgan fingerprint density at radius 1 is 1.05 bits per heavy atom. The van der Waals surface area contributed by atoms with E-state index in [9.17, 15) is 9.59 Å². The molecule has 1 heterocycles. The summed E-state index contributed by atoms with van der Waals surface area (Å²) in [5.41, 5.74) is 0.968. The molecule has 1 aliphatic rings. The van der Waals surface area contributed by atoms with Crippen LogP contribution in [-0.4, -0.2) is 29.2 Å². The van der Waals surface area contributed by atoms with Gasteiger partial charge in [0.15, 0.2) is 0 Å². The van der Waals surface area contributed by atoms with Gasteiger partial charge in [-0.3, -0.25) is 9.59 Å². The quantitative estimate of drug-likeness (QED) is 0.749. The molecule has 0 aliphatic heterocycles. The summed E-state index contributed by atoms with van der Waals surface area (Å²) in [7, 11) is 1.76. The molecule has 1 aromatic heterocycles. The van der Waals surface area contributed by atoms with Gasteiger partial charge >= 0.3 is 11.1 Å². The van der Waals surface area contributed by atoms with Crippen LogP contribution in [0.25, 0.3) is 11.0 Å². The molecule has 0 bridgehead atoms. The molecule has 0 amide bonds. The van der Waals surface area contributed by atoms with Crippen LogP contribution >= 0.6 is 0 Å². The maximum Gasteiger partial charge on any atom is 0.314 e. The van der Waals surface area contributed by atoms with Crippen LogP contribution in [0.5, 0.6) is 0 Å². The zero-order valence-electron chi connectivity index (χ0n) is 11.9. The highest BCUT2D eigenvalue weighted by Crippen LogP contribution is 2.24. The van der Waals surface area contributed by atoms with Crippen molar-refractivity contribution in [3.63, 3.8) is 0 Å². The van der Waals surface area contributed by atoms with Crippen LogP contribution in [0.15, 0.2) is 27.8 Å². The monoisotopic (exact) mass is 289 g/mol. The first-order chi connectivity index (χ1) is 10.2. The van der Waals surface area contributed by atoms with Crippen molar-refractivity contribution in [3.05, 3.63) is 38.9 Å². The number of anilines is 1. The molecule has 1 saturated carbocycles. The zero-order valence-corrected chi connectivity index (χ0v) is 11.9. The maximum atomic E-state index is 11.4. The number of ether oxygens (including phenoxy) is 1. The number of aromatic amines is 2. The van der Waals surface area contributed by atoms with E-state index in [1.165, 1.54) is 0 Å². The molecule has 3 N–H and O–H groups in total. The minimum atomic E-state index is -0.625. The molecule has 112 valence electrons. The lowest BCUT2D eigenvalue weighted by atomic mass is 9.93. The first kappa shape index (κ1) is 13.9. The van der Waals surface area contributed by atoms with Gasteiger partial charge in [0.1, 0.15) is 0 Å². The van der Waals surface area contributed by atoms with E-state index < -0.39 is 11.1 Å². The predicted octanol–water partition coefficient (Wildman–Crippen LogP) is 1.59. The highest BCUT2D eigenvalue weighted by molar-refractivity contribution is 5.78. The summed E-state index contributed by atoms with van der Waals surface area (Å²) in [6, 6.07) is 5.99. The number of H-pyrrole nitrogens is 2. The maximum absolute atomic E-state index is 11.4. The van der Waals surface area contributed by atoms with Crippen molar-refractivity contribution in [2.24, 2.45) is 0 Å². The molecular formula is C15H19N3O3. The molecule has 0 unspecified atom stereocenters. The second-order valence-electron chi connectivity index (χ2n) is 5.52. The van der Waals surface area contributed by atoms with Crippen LogP contribution in [-0.2, 0) is 4.74 Å². The van der Waals surface area contributed by atoms with Gasteiger partial charge < -0.3 is 20.0 Å². The van der Waals surface area contributed by atoms with Crippen LogP contribution in [0.4, 0.5) is 5.69 Å². The topological polar surface area (TPSA) is 87.0 Å². The second kappa shape index (κ2) is 5.73. The van der Waals surface area contributed by atoms with Crippen molar-refractivity contribution in [3.8, 4) is 0 Å². The fourth-order valence-corrected chi connectivity index (χ4v) is 2.88. The third-order valence-corrected chi connectivity index (χ3v) is 4.10. The average Bonchev–Trinajstić information content (AvgIpc) is 2.49. The number of hydrogen-bond donors (Lipinski definition) is 3. The van der Waals surface area contributed by atoms with Crippen LogP contribution in [0.1, 0.15) is 25.7 Å². The molecule has 0 spiro atoms. The number of fused-ring (bicyclic) bond motifs is 1. The molecule has 0 atom stereocenters. The molecular weight excluding hydrogens is 270 g/mol. The van der Waals surface area contributed by atoms with E-state index in [4.69, 9.17) is 4.74 Å². The molecule has 3 rings (SSSR count). The van der Waals surface area contributed by atoms with E-state index in [0.29, 0.717) is 23.2 Å². The Kier molecular flexibility index (Phi) is 3.79. The molecule has 1 aliphatic carbocycles. The summed E-state index contributed by atoms with van der Waals surface area (Å²) in [5, 5.41) is 3.48. The van der Waals surface area contributed by atoms with Gasteiger partial charge in [0.2, 0.25) is 0 Å². The van der Waals surface area contributed by atoms with E-state index in [1.54, 1.807) is 13.2 Å². The Hall–Kier alpha value is -2.08. The summed E-state index contributed by atoms with van der Waals surface area (Å²) in [6.45, 7) is 0. The van der Waals surface area contributed by atoms with E-state index >= 15 is 0 Å². The lowest BCUT2D eigenvalue weighted by molar-refractivity contribution is 0.0682. The van der Waals surface area contributed by atoms with E-state index in [1.807, 2.05) is 12.1 Å². The average molecular weight is 289 g/mol. The molecule has 1 fully saturated rings. The Bertz CT molecular complexity index is 742. The molecule has 0 saturated heterocycles. The number of benzene rings is 1. The van der Waals surface area contributed by atoms with Gasteiger partial charge in [-0.05, 0) is 43.9 Å². The van der Waals surface area contributed by atoms with Gasteiger partial charge in [-0.25, -0.2) is 0 Å². The summed E-state index contributed by atoms with van der Waals surface area (Å²) in [5.74, 6) is 0. The minimum Gasteiger partial charge on any atom is -0.382 e. The molecule has 6 heteroatoms. The normalized spacial score (nSPS) is 22.3. The number of aromatic nitrogens is 2. The van der Waals surface area contributed by atoms with Crippen molar-refractivity contribution < 1.29 is 4.74 Å². The number of methoxy groups -OCH3 is 1. The van der Waals surface area contributed by atoms with Gasteiger partial charge in [-0.15, -0.1) is 0 Å². The largest absolute Gasteiger partial charge is 0.382 e. The Morgan fingerprint density at radius 2 is 1.71 bits per heavy atom. The zero-order chi connectivity index (χ0) is 14.8. The van der Waals surface area contributed by atoms with Crippen LogP contribution in [0, 0.1) is 0 Å². The lowest BCUT2D eigenvalue weighted by Gasteiger charge is -2.28. The summed E-state index contributed by atoms with van der Waals surface area (Å²) >= 11 is 0. The lowest BCUT2D eigenvalue weighted by Crippen LogP contribution is -2.30. The summed E-state index contributed by atoms with van der Waals surface area (Å²) < 4.78 is 5.37. The third-order valence-electron chi connectivity index (χ3n) is 4.10. The molecule has 2 aromatic rings. The molecule has 0 radical (unpaired) electrons. The van der Waals surface area contributed by atoms with Crippen LogP contribution in [0.2, 0.25) is 0 Å². The fraction of sp³-hybridized carbons (Fsp3) is 0.467. The van der Waals surface area contributed by atoms with Gasteiger partial charge in [0, 0.05) is 18.8 Å². The van der Waals surface area contributed by atoms with Crippen LogP contribution < -0.4 is 16.4 Å². The van der Waals surface area contributed by atoms with Crippen molar-refractivity contribution in [1.82, 2.24) is 9.97 Å². The van der Waals surface area contributed by atoms with Gasteiger partial charge in [-0.1, -0.05) is 0 Å². The highest BCUT2D eigenvalue weighted by Gasteiger charge is 2.20. The smallest absolute Gasteiger partial charge is 0.314 e. The van der Waals surface area contributed by atoms with Gasteiger partial charge in [0.25, 0.3) is 0 Å². The molecule has 21 heavy (non-hydrogen) atoms. The van der Waals surface area contributed by atoms with Crippen molar-refractivity contribution in [2.75, 3.05) is 12.4 Å². The van der Waals surface area contributed by atoms with Crippen molar-refractivity contribution in [2.45, 2.75) is 37.8 Å². The van der Waals surface area contributed by atoms with E-state index in [-0.39, 0.29) is 0 Å². The van der Waals surface area contributed by atoms with Crippen molar-refractivity contribution >= 4 is 16.7 Å². The van der Waals surface area contributed by atoms with Gasteiger partial charge in [-0.2, -0.15) is 0 Å². The standard InChI is InChI=1S/C15H19N3O3/c1-21-11-5-2-9(3-6-11)16-10-4-7-12-13(8-10)18-15(20)14(19)17-12/h4,7-9,11,16H,2-3,5-6H2,1H3,(H,17,19)(H,18,20). The minimum absolute atomic E-state index is 0.376. The number of hydrogen-bond acceptors (Lipinski definition) is 4. The first-order valence-corrected chi connectivity index (χ1v) is 7.21. The first-order valence-electron chi connectivity index (χ1n) is 7.21. The third kappa shape index (κ3) is 3.00. The fourth-order valence-electron chi connectivity index (χ4n) is 2.88. The van der Waals surface area contributed by atoms with Crippen LogP contribution in [0.3, 0.4) is 0 Å². The number of nitrogens with one attached hydrogen (secondary N) is 3. The van der Waals surface area contributed by atoms with Gasteiger partial charge in [0.05, 0.1) is 17.1 Å². The van der Waals surface area contributed by atoms with E-state index in [0.717, 1.165) is 31.4 Å². The summed E-state index contributed by atoms with van der Waals surface area (Å²) in [4.78, 5) is 27.8. The Labute approximate surface area is 121 Å². The second-order valence-corrected chi connectivity index (χ2v) is 5.52. The molecule has 6 nitrogen and oxygen atoms in total. The number of rotatable bonds is 3. The Morgan fingerprint density at radius 3 is 2.38 bits per heavy atom. The van der Waals surface area contributed by atoms with Crippen molar-refractivity contribution in [1.29, 1.82) is 0 Å². The molecule has 1 aromatic carbocycles. The SMILES string of the molecule is COC1CCC(Nc2ccc3[nH]c(=O)c(=O)[nH]c3c2)CC1. The summed E-state index contributed by atoms with van der Waals surface area (Å²) in [6.07, 6.45) is 4.64. The Balaban J connectivity index is 1.77. The predicted molar refractivity (Wildman–Crippen MR) is 81.9 cm³/mol. The van der Waals surface area contributed by atoms with E-state index in [2.05, 4.69) is 15.3 Å². The highest BCUT2D eigenvalue weighted by atomic mass is 16.5.